The third-order valence-electron chi connectivity index (χ3n) is 4.96. The molecule has 1 atom stereocenters. The Hall–Kier alpha value is -2.21. The van der Waals surface area contributed by atoms with E-state index in [1.165, 1.54) is 24.1 Å². The largest absolute Gasteiger partial charge is 0.493 e. The number of aryl methyl sites for hydroxylation is 1. The van der Waals surface area contributed by atoms with Crippen LogP contribution < -0.4 is 14.2 Å². The second kappa shape index (κ2) is 7.78. The first kappa shape index (κ1) is 17.6. The number of nitrogens with zero attached hydrogens (tertiary/aromatic N) is 2. The zero-order valence-corrected chi connectivity index (χ0v) is 15.5. The summed E-state index contributed by atoms with van der Waals surface area (Å²) in [6.45, 7) is 5.05. The molecule has 0 saturated carbocycles. The number of nitrogens with one attached hydrogen (secondary N) is 1. The molecule has 1 aromatic heterocycles. The summed E-state index contributed by atoms with van der Waals surface area (Å²) in [6, 6.07) is 4.00. The van der Waals surface area contributed by atoms with E-state index in [1.54, 1.807) is 21.3 Å². The van der Waals surface area contributed by atoms with Crippen molar-refractivity contribution >= 4 is 0 Å². The van der Waals surface area contributed by atoms with E-state index in [9.17, 15) is 0 Å². The fourth-order valence-electron chi connectivity index (χ4n) is 3.73. The first-order valence-electron chi connectivity index (χ1n) is 8.68. The Labute approximate surface area is 149 Å². The van der Waals surface area contributed by atoms with Crippen molar-refractivity contribution in [2.24, 2.45) is 0 Å². The third kappa shape index (κ3) is 3.58. The lowest BCUT2D eigenvalue weighted by atomic mass is 9.92. The van der Waals surface area contributed by atoms with E-state index in [0.717, 1.165) is 30.9 Å². The molecular weight excluding hydrogens is 318 g/mol. The van der Waals surface area contributed by atoms with Gasteiger partial charge >= 0.3 is 0 Å². The number of likely N-dealkylation sites (tertiary alicyclic amines) is 1. The molecule has 1 aromatic carbocycles. The number of methoxy groups -OCH3 is 3. The summed E-state index contributed by atoms with van der Waals surface area (Å²) in [5, 5.41) is 7.36. The Morgan fingerprint density at radius 3 is 2.60 bits per heavy atom. The number of aromatic nitrogens is 2. The molecule has 136 valence electrons. The van der Waals surface area contributed by atoms with Gasteiger partial charge in [0.2, 0.25) is 5.75 Å². The monoisotopic (exact) mass is 345 g/mol. The van der Waals surface area contributed by atoms with E-state index in [4.69, 9.17) is 14.2 Å². The zero-order valence-electron chi connectivity index (χ0n) is 15.5. The van der Waals surface area contributed by atoms with Gasteiger partial charge in [-0.05, 0) is 37.9 Å². The molecule has 0 spiro atoms. The summed E-state index contributed by atoms with van der Waals surface area (Å²) >= 11 is 0. The van der Waals surface area contributed by atoms with Gasteiger partial charge < -0.3 is 14.2 Å². The zero-order chi connectivity index (χ0) is 17.8. The summed E-state index contributed by atoms with van der Waals surface area (Å²) in [5.74, 6) is 2.59. The fourth-order valence-corrected chi connectivity index (χ4v) is 3.73. The van der Waals surface area contributed by atoms with Crippen LogP contribution in [0.1, 0.15) is 35.6 Å². The van der Waals surface area contributed by atoms with Crippen LogP contribution in [0, 0.1) is 6.92 Å². The SMILES string of the molecule is COc1ccc(CN2CCC[C@H](c3[nH]ncc3C)C2)c(OC)c1OC. The highest BCUT2D eigenvalue weighted by atomic mass is 16.5. The number of rotatable bonds is 6. The average Bonchev–Trinajstić information content (AvgIpc) is 3.07. The van der Waals surface area contributed by atoms with Gasteiger partial charge in [-0.1, -0.05) is 6.07 Å². The van der Waals surface area contributed by atoms with Crippen LogP contribution >= 0.6 is 0 Å². The minimum atomic E-state index is 0.502. The van der Waals surface area contributed by atoms with Gasteiger partial charge in [-0.15, -0.1) is 0 Å². The van der Waals surface area contributed by atoms with E-state index >= 15 is 0 Å². The van der Waals surface area contributed by atoms with Crippen molar-refractivity contribution in [3.8, 4) is 17.2 Å². The number of piperidine rings is 1. The molecule has 1 fully saturated rings. The number of ether oxygens (including phenoxy) is 3. The van der Waals surface area contributed by atoms with Gasteiger partial charge in [0, 0.05) is 30.3 Å². The molecular formula is C19H27N3O3. The van der Waals surface area contributed by atoms with Gasteiger partial charge in [-0.3, -0.25) is 10.00 Å². The van der Waals surface area contributed by atoms with Crippen LogP contribution in [-0.2, 0) is 6.54 Å². The second-order valence-electron chi connectivity index (χ2n) is 6.53. The summed E-state index contributed by atoms with van der Waals surface area (Å²) in [7, 11) is 4.95. The van der Waals surface area contributed by atoms with Crippen LogP contribution in [0.25, 0.3) is 0 Å². The highest BCUT2D eigenvalue weighted by Gasteiger charge is 2.25. The summed E-state index contributed by atoms with van der Waals surface area (Å²) in [6.07, 6.45) is 4.28. The first-order chi connectivity index (χ1) is 12.2. The van der Waals surface area contributed by atoms with Crippen molar-refractivity contribution in [2.45, 2.75) is 32.2 Å². The van der Waals surface area contributed by atoms with Crippen molar-refractivity contribution in [2.75, 3.05) is 34.4 Å². The van der Waals surface area contributed by atoms with Crippen molar-refractivity contribution in [1.82, 2.24) is 15.1 Å². The lowest BCUT2D eigenvalue weighted by Gasteiger charge is -2.33. The van der Waals surface area contributed by atoms with Gasteiger partial charge in [0.1, 0.15) is 0 Å². The standard InChI is InChI=1S/C19H27N3O3/c1-13-10-20-21-17(13)14-6-5-9-22(11-14)12-15-7-8-16(23-2)19(25-4)18(15)24-3/h7-8,10,14H,5-6,9,11-12H2,1-4H3,(H,20,21)/t14-/m0/s1. The van der Waals surface area contributed by atoms with Gasteiger partial charge in [0.15, 0.2) is 11.5 Å². The predicted molar refractivity (Wildman–Crippen MR) is 96.7 cm³/mol. The molecule has 0 radical (unpaired) electrons. The van der Waals surface area contributed by atoms with E-state index in [2.05, 4.69) is 28.1 Å². The molecule has 0 unspecified atom stereocenters. The Morgan fingerprint density at radius 1 is 1.16 bits per heavy atom. The Balaban J connectivity index is 1.79. The van der Waals surface area contributed by atoms with Crippen LogP contribution in [0.2, 0.25) is 0 Å². The smallest absolute Gasteiger partial charge is 0.203 e. The molecule has 6 nitrogen and oxygen atoms in total. The first-order valence-corrected chi connectivity index (χ1v) is 8.68. The van der Waals surface area contributed by atoms with Crippen molar-refractivity contribution in [1.29, 1.82) is 0 Å². The van der Waals surface area contributed by atoms with E-state index in [0.29, 0.717) is 17.4 Å². The minimum Gasteiger partial charge on any atom is -0.493 e. The second-order valence-corrected chi connectivity index (χ2v) is 6.53. The van der Waals surface area contributed by atoms with Crippen molar-refractivity contribution in [3.63, 3.8) is 0 Å². The third-order valence-corrected chi connectivity index (χ3v) is 4.96. The summed E-state index contributed by atoms with van der Waals surface area (Å²) in [4.78, 5) is 2.47. The predicted octanol–water partition coefficient (Wildman–Crippen LogP) is 3.12. The molecule has 1 aliphatic heterocycles. The molecule has 2 heterocycles. The fraction of sp³-hybridized carbons (Fsp3) is 0.526. The van der Waals surface area contributed by atoms with Gasteiger partial charge in [0.25, 0.3) is 0 Å². The maximum absolute atomic E-state index is 5.62. The molecule has 25 heavy (non-hydrogen) atoms. The molecule has 6 heteroatoms. The summed E-state index contributed by atoms with van der Waals surface area (Å²) < 4.78 is 16.5. The lowest BCUT2D eigenvalue weighted by molar-refractivity contribution is 0.195. The highest BCUT2D eigenvalue weighted by molar-refractivity contribution is 5.55. The van der Waals surface area contributed by atoms with Crippen LogP contribution in [-0.4, -0.2) is 49.5 Å². The number of hydrogen-bond donors (Lipinski definition) is 1. The Morgan fingerprint density at radius 2 is 1.96 bits per heavy atom. The van der Waals surface area contributed by atoms with Crippen molar-refractivity contribution in [3.05, 3.63) is 35.2 Å². The quantitative estimate of drug-likeness (QED) is 0.872. The van der Waals surface area contributed by atoms with Crippen molar-refractivity contribution < 1.29 is 14.2 Å². The number of aromatic amines is 1. The highest BCUT2D eigenvalue weighted by Crippen LogP contribution is 2.40. The molecule has 1 saturated heterocycles. The molecule has 2 aromatic rings. The van der Waals surface area contributed by atoms with E-state index < -0.39 is 0 Å². The molecule has 0 bridgehead atoms. The number of benzene rings is 1. The maximum Gasteiger partial charge on any atom is 0.203 e. The number of H-pyrrole nitrogens is 1. The Kier molecular flexibility index (Phi) is 5.48. The van der Waals surface area contributed by atoms with Gasteiger partial charge in [0.05, 0.1) is 27.5 Å². The molecule has 0 amide bonds. The van der Waals surface area contributed by atoms with Crippen LogP contribution in [0.5, 0.6) is 17.2 Å². The number of hydrogen-bond acceptors (Lipinski definition) is 5. The average molecular weight is 345 g/mol. The maximum atomic E-state index is 5.62. The van der Waals surface area contributed by atoms with Crippen LogP contribution in [0.3, 0.4) is 0 Å². The van der Waals surface area contributed by atoms with E-state index in [1.807, 2.05) is 12.3 Å². The molecule has 3 rings (SSSR count). The van der Waals surface area contributed by atoms with Gasteiger partial charge in [-0.2, -0.15) is 5.10 Å². The summed E-state index contributed by atoms with van der Waals surface area (Å²) in [5.41, 5.74) is 3.63. The van der Waals surface area contributed by atoms with Crippen LogP contribution in [0.4, 0.5) is 0 Å². The molecule has 1 aliphatic rings. The molecule has 0 aliphatic carbocycles. The Bertz CT molecular complexity index is 714. The lowest BCUT2D eigenvalue weighted by Crippen LogP contribution is -2.34. The normalized spacial score (nSPS) is 18.2. The van der Waals surface area contributed by atoms with E-state index in [-0.39, 0.29) is 0 Å². The minimum absolute atomic E-state index is 0.502. The van der Waals surface area contributed by atoms with Gasteiger partial charge in [-0.25, -0.2) is 0 Å². The molecule has 1 N–H and O–H groups in total. The topological polar surface area (TPSA) is 59.6 Å². The van der Waals surface area contributed by atoms with Crippen LogP contribution in [0.15, 0.2) is 18.3 Å².